The van der Waals surface area contributed by atoms with Gasteiger partial charge in [-0.15, -0.1) is 0 Å². The van der Waals surface area contributed by atoms with Crippen molar-refractivity contribution < 1.29 is 14.3 Å². The van der Waals surface area contributed by atoms with Crippen molar-refractivity contribution in [2.75, 3.05) is 0 Å². The second kappa shape index (κ2) is 6.35. The summed E-state index contributed by atoms with van der Waals surface area (Å²) in [7, 11) is 0. The van der Waals surface area contributed by atoms with E-state index in [0.29, 0.717) is 23.7 Å². The summed E-state index contributed by atoms with van der Waals surface area (Å²) in [6.07, 6.45) is 0.0839. The second-order valence-corrected chi connectivity index (χ2v) is 4.59. The third kappa shape index (κ3) is 4.00. The number of nitrogens with zero attached hydrogens (tertiary/aromatic N) is 1. The minimum atomic E-state index is -0.435. The molecule has 4 nitrogen and oxygen atoms in total. The Bertz CT molecular complexity index is 433. The minimum Gasteiger partial charge on any atom is -0.409 e. The van der Waals surface area contributed by atoms with Gasteiger partial charge in [0.05, 0.1) is 12.7 Å². The molecule has 0 saturated carbocycles. The van der Waals surface area contributed by atoms with E-state index in [1.165, 1.54) is 12.1 Å². The Balaban J connectivity index is 2.81. The van der Waals surface area contributed by atoms with E-state index in [0.717, 1.165) is 0 Å². The zero-order valence-electron chi connectivity index (χ0n) is 10.9. The molecule has 1 unspecified atom stereocenters. The maximum absolute atomic E-state index is 13.4. The van der Waals surface area contributed by atoms with Gasteiger partial charge >= 0.3 is 0 Å². The summed E-state index contributed by atoms with van der Waals surface area (Å²) in [6, 6.07) is 4.23. The van der Waals surface area contributed by atoms with Crippen molar-refractivity contribution in [3.05, 3.63) is 35.1 Å². The molecule has 0 fully saturated rings. The van der Waals surface area contributed by atoms with Gasteiger partial charge in [-0.3, -0.25) is 0 Å². The average Bonchev–Trinajstić information content (AvgIpc) is 2.34. The second-order valence-electron chi connectivity index (χ2n) is 4.59. The van der Waals surface area contributed by atoms with Gasteiger partial charge in [0.25, 0.3) is 0 Å². The zero-order chi connectivity index (χ0) is 13.7. The van der Waals surface area contributed by atoms with Crippen LogP contribution in [0, 0.1) is 11.7 Å². The molecule has 0 spiro atoms. The Kier molecular flexibility index (Phi) is 5.09. The molecule has 1 atom stereocenters. The molecule has 1 aromatic carbocycles. The number of halogens is 1. The summed E-state index contributed by atoms with van der Waals surface area (Å²) in [4.78, 5) is 0. The fourth-order valence-electron chi connectivity index (χ4n) is 1.36. The van der Waals surface area contributed by atoms with Crippen molar-refractivity contribution in [2.24, 2.45) is 16.8 Å². The fraction of sp³-hybridized carbons (Fsp3) is 0.462. The Morgan fingerprint density at radius 1 is 1.39 bits per heavy atom. The normalized spacial score (nSPS) is 13.9. The Morgan fingerprint density at radius 2 is 2.06 bits per heavy atom. The lowest BCUT2D eigenvalue weighted by Gasteiger charge is -2.16. The van der Waals surface area contributed by atoms with Crippen LogP contribution in [0.25, 0.3) is 0 Å². The summed E-state index contributed by atoms with van der Waals surface area (Å²) >= 11 is 0. The maximum atomic E-state index is 13.4. The largest absolute Gasteiger partial charge is 0.409 e. The van der Waals surface area contributed by atoms with Crippen molar-refractivity contribution in [3.63, 3.8) is 0 Å². The molecule has 0 aliphatic heterocycles. The molecule has 0 bridgehead atoms. The van der Waals surface area contributed by atoms with Gasteiger partial charge in [0, 0.05) is 5.56 Å². The summed E-state index contributed by atoms with van der Waals surface area (Å²) in [6.45, 7) is 6.37. The van der Waals surface area contributed by atoms with Crippen LogP contribution in [0.15, 0.2) is 23.4 Å². The number of ether oxygens (including phenoxy) is 1. The van der Waals surface area contributed by atoms with Gasteiger partial charge < -0.3 is 15.7 Å². The summed E-state index contributed by atoms with van der Waals surface area (Å²) in [5.41, 5.74) is 6.43. The van der Waals surface area contributed by atoms with Crippen LogP contribution in [0.3, 0.4) is 0 Å². The third-order valence-corrected chi connectivity index (χ3v) is 2.81. The molecule has 0 saturated heterocycles. The van der Waals surface area contributed by atoms with Gasteiger partial charge in [-0.2, -0.15) is 0 Å². The molecule has 5 heteroatoms. The fourth-order valence-corrected chi connectivity index (χ4v) is 1.36. The Hall–Kier alpha value is -1.62. The predicted octanol–water partition coefficient (Wildman–Crippen LogP) is 2.48. The van der Waals surface area contributed by atoms with E-state index < -0.39 is 5.82 Å². The monoisotopic (exact) mass is 254 g/mol. The van der Waals surface area contributed by atoms with Crippen LogP contribution in [0.2, 0.25) is 0 Å². The Morgan fingerprint density at radius 3 is 2.61 bits per heavy atom. The zero-order valence-corrected chi connectivity index (χ0v) is 10.9. The molecule has 0 heterocycles. The highest BCUT2D eigenvalue weighted by Crippen LogP contribution is 2.13. The number of rotatable bonds is 5. The lowest BCUT2D eigenvalue weighted by atomic mass is 10.1. The Labute approximate surface area is 106 Å². The molecular weight excluding hydrogens is 235 g/mol. The van der Waals surface area contributed by atoms with E-state index in [-0.39, 0.29) is 11.9 Å². The van der Waals surface area contributed by atoms with Crippen molar-refractivity contribution in [1.82, 2.24) is 0 Å². The number of amidine groups is 1. The van der Waals surface area contributed by atoms with Crippen LogP contribution in [0.5, 0.6) is 0 Å². The van der Waals surface area contributed by atoms with Gasteiger partial charge in [0.1, 0.15) is 5.82 Å². The van der Waals surface area contributed by atoms with E-state index in [1.54, 1.807) is 6.07 Å². The van der Waals surface area contributed by atoms with Crippen molar-refractivity contribution >= 4 is 5.84 Å². The van der Waals surface area contributed by atoms with Crippen molar-refractivity contribution in [3.8, 4) is 0 Å². The first kappa shape index (κ1) is 14.4. The number of nitrogens with two attached hydrogens (primary N) is 1. The highest BCUT2D eigenvalue weighted by molar-refractivity contribution is 5.97. The average molecular weight is 254 g/mol. The standard InChI is InChI=1S/C13H19FN2O2/c1-8(2)9(3)18-7-10-4-11(13(15)16-17)6-12(14)5-10/h4-6,8-9,17H,7H2,1-3H3,(H2,15,16). The number of oxime groups is 1. The lowest BCUT2D eigenvalue weighted by Crippen LogP contribution is -2.16. The molecule has 0 aliphatic rings. The highest BCUT2D eigenvalue weighted by Gasteiger charge is 2.09. The molecule has 0 aromatic heterocycles. The van der Waals surface area contributed by atoms with Crippen LogP contribution >= 0.6 is 0 Å². The van der Waals surface area contributed by atoms with Gasteiger partial charge in [0.15, 0.2) is 5.84 Å². The van der Waals surface area contributed by atoms with Gasteiger partial charge in [-0.25, -0.2) is 4.39 Å². The summed E-state index contributed by atoms with van der Waals surface area (Å²) in [5, 5.41) is 11.4. The third-order valence-electron chi connectivity index (χ3n) is 2.81. The van der Waals surface area contributed by atoms with E-state index in [9.17, 15) is 4.39 Å². The van der Waals surface area contributed by atoms with E-state index in [2.05, 4.69) is 19.0 Å². The number of hydrogen-bond acceptors (Lipinski definition) is 3. The van der Waals surface area contributed by atoms with Gasteiger partial charge in [0.2, 0.25) is 0 Å². The van der Waals surface area contributed by atoms with Crippen LogP contribution < -0.4 is 5.73 Å². The summed E-state index contributed by atoms with van der Waals surface area (Å²) in [5.74, 6) is -0.162. The maximum Gasteiger partial charge on any atom is 0.170 e. The topological polar surface area (TPSA) is 67.8 Å². The van der Waals surface area contributed by atoms with Crippen LogP contribution in [0.4, 0.5) is 4.39 Å². The minimum absolute atomic E-state index is 0.0839. The number of benzene rings is 1. The molecule has 0 amide bonds. The first-order valence-corrected chi connectivity index (χ1v) is 5.83. The van der Waals surface area contributed by atoms with Crippen molar-refractivity contribution in [1.29, 1.82) is 0 Å². The molecule has 0 radical (unpaired) electrons. The predicted molar refractivity (Wildman–Crippen MR) is 68.0 cm³/mol. The molecule has 0 aliphatic carbocycles. The summed E-state index contributed by atoms with van der Waals surface area (Å²) < 4.78 is 19.0. The lowest BCUT2D eigenvalue weighted by molar-refractivity contribution is 0.0234. The molecular formula is C13H19FN2O2. The first-order chi connectivity index (χ1) is 8.43. The molecule has 18 heavy (non-hydrogen) atoms. The molecule has 1 aromatic rings. The quantitative estimate of drug-likeness (QED) is 0.367. The smallest absolute Gasteiger partial charge is 0.170 e. The van der Waals surface area contributed by atoms with Gasteiger partial charge in [-0.1, -0.05) is 19.0 Å². The molecule has 100 valence electrons. The highest BCUT2D eigenvalue weighted by atomic mass is 19.1. The van der Waals surface area contributed by atoms with Crippen LogP contribution in [-0.4, -0.2) is 17.1 Å². The molecule has 3 N–H and O–H groups in total. The molecule has 1 rings (SSSR count). The van der Waals surface area contributed by atoms with E-state index in [1.807, 2.05) is 6.92 Å². The van der Waals surface area contributed by atoms with Gasteiger partial charge in [-0.05, 0) is 36.6 Å². The first-order valence-electron chi connectivity index (χ1n) is 5.83. The van der Waals surface area contributed by atoms with Crippen molar-refractivity contribution in [2.45, 2.75) is 33.5 Å². The van der Waals surface area contributed by atoms with E-state index >= 15 is 0 Å². The number of hydrogen-bond donors (Lipinski definition) is 2. The van der Waals surface area contributed by atoms with Crippen LogP contribution in [0.1, 0.15) is 31.9 Å². The SMILES string of the molecule is CC(C)C(C)OCc1cc(F)cc(/C(N)=N/O)c1. The van der Waals surface area contributed by atoms with E-state index in [4.69, 9.17) is 15.7 Å². The van der Waals surface area contributed by atoms with Crippen LogP contribution in [-0.2, 0) is 11.3 Å².